The van der Waals surface area contributed by atoms with E-state index in [-0.39, 0.29) is 11.6 Å². The van der Waals surface area contributed by atoms with Crippen molar-refractivity contribution in [3.63, 3.8) is 0 Å². The van der Waals surface area contributed by atoms with Crippen LogP contribution in [0.25, 0.3) is 11.0 Å². The van der Waals surface area contributed by atoms with Gasteiger partial charge < -0.3 is 14.3 Å². The number of para-hydroxylation sites is 2. The molecule has 1 heterocycles. The molecule has 0 saturated heterocycles. The van der Waals surface area contributed by atoms with Gasteiger partial charge in [0, 0.05) is 11.9 Å². The van der Waals surface area contributed by atoms with Gasteiger partial charge >= 0.3 is 5.97 Å². The number of carboxylic acids is 1. The highest BCUT2D eigenvalue weighted by Crippen LogP contribution is 2.26. The monoisotopic (exact) mass is 339 g/mol. The molecule has 1 atom stereocenters. The molecule has 5 heteroatoms. The van der Waals surface area contributed by atoms with Crippen LogP contribution in [0, 0.1) is 0 Å². The molecule has 0 aliphatic rings. The van der Waals surface area contributed by atoms with Crippen LogP contribution in [0.15, 0.2) is 59.0 Å². The Morgan fingerprint density at radius 3 is 2.68 bits per heavy atom. The summed E-state index contributed by atoms with van der Waals surface area (Å²) in [6, 6.07) is 16.7. The summed E-state index contributed by atoms with van der Waals surface area (Å²) < 4.78 is 11.6. The molecule has 3 aromatic rings. The van der Waals surface area contributed by atoms with Gasteiger partial charge in [0.05, 0.1) is 6.04 Å². The van der Waals surface area contributed by atoms with E-state index >= 15 is 0 Å². The number of fused-ring (bicyclic) bond motifs is 1. The van der Waals surface area contributed by atoms with Gasteiger partial charge in [-0.1, -0.05) is 30.3 Å². The van der Waals surface area contributed by atoms with Gasteiger partial charge in [0.25, 0.3) is 0 Å². The first-order valence-electron chi connectivity index (χ1n) is 8.20. The van der Waals surface area contributed by atoms with Crippen LogP contribution < -0.4 is 4.74 Å². The number of carbonyl (C=O) groups is 1. The third kappa shape index (κ3) is 3.83. The fourth-order valence-corrected chi connectivity index (χ4v) is 2.69. The Morgan fingerprint density at radius 1 is 1.20 bits per heavy atom. The number of hydrogen-bond acceptors (Lipinski definition) is 4. The fraction of sp³-hybridized carbons (Fsp3) is 0.250. The summed E-state index contributed by atoms with van der Waals surface area (Å²) in [5.74, 6) is 0.300. The maximum atomic E-state index is 11.2. The maximum Gasteiger partial charge on any atom is 0.339 e. The molecule has 130 valence electrons. The lowest BCUT2D eigenvalue weighted by atomic mass is 10.2. The summed E-state index contributed by atoms with van der Waals surface area (Å²) in [4.78, 5) is 13.3. The number of carboxylic acid groups (broad SMARTS) is 1. The van der Waals surface area contributed by atoms with Crippen LogP contribution in [0.4, 0.5) is 0 Å². The number of ether oxygens (including phenoxy) is 1. The molecule has 0 fully saturated rings. The fourth-order valence-electron chi connectivity index (χ4n) is 2.69. The van der Waals surface area contributed by atoms with Gasteiger partial charge in [0.2, 0.25) is 0 Å². The lowest BCUT2D eigenvalue weighted by molar-refractivity contribution is 0.0691. The SMILES string of the molecule is CC(c1cc2ccccc2o1)N(C)CCOc1ccccc1C(=O)O. The highest BCUT2D eigenvalue weighted by atomic mass is 16.5. The molecule has 1 aromatic heterocycles. The van der Waals surface area contributed by atoms with Gasteiger partial charge in [-0.05, 0) is 38.2 Å². The van der Waals surface area contributed by atoms with Gasteiger partial charge in [0.1, 0.15) is 29.3 Å². The van der Waals surface area contributed by atoms with E-state index < -0.39 is 5.97 Å². The summed E-state index contributed by atoms with van der Waals surface area (Å²) in [5.41, 5.74) is 1.06. The predicted molar refractivity (Wildman–Crippen MR) is 96.2 cm³/mol. The molecule has 0 saturated carbocycles. The van der Waals surface area contributed by atoms with Crippen molar-refractivity contribution in [1.82, 2.24) is 4.90 Å². The molecule has 0 bridgehead atoms. The number of benzene rings is 2. The van der Waals surface area contributed by atoms with E-state index in [0.29, 0.717) is 18.9 Å². The molecule has 0 radical (unpaired) electrons. The third-order valence-corrected chi connectivity index (χ3v) is 4.34. The molecule has 0 spiro atoms. The van der Waals surface area contributed by atoms with Crippen LogP contribution in [-0.4, -0.2) is 36.2 Å². The first-order valence-corrected chi connectivity index (χ1v) is 8.20. The van der Waals surface area contributed by atoms with Crippen LogP contribution in [0.3, 0.4) is 0 Å². The van der Waals surface area contributed by atoms with Gasteiger partial charge in [-0.2, -0.15) is 0 Å². The molecule has 2 aromatic carbocycles. The molecule has 0 aliphatic heterocycles. The van der Waals surface area contributed by atoms with E-state index in [2.05, 4.69) is 17.9 Å². The number of furan rings is 1. The minimum absolute atomic E-state index is 0.0886. The predicted octanol–water partition coefficient (Wildman–Crippen LogP) is 4.20. The standard InChI is InChI=1S/C20H21NO4/c1-14(19-13-15-7-3-5-9-17(15)25-19)21(2)11-12-24-18-10-6-4-8-16(18)20(22)23/h3-10,13-14H,11-12H2,1-2H3,(H,22,23). The van der Waals surface area contributed by atoms with Crippen molar-refractivity contribution in [2.75, 3.05) is 20.2 Å². The summed E-state index contributed by atoms with van der Waals surface area (Å²) in [6.45, 7) is 3.11. The van der Waals surface area contributed by atoms with Crippen LogP contribution in [-0.2, 0) is 0 Å². The highest BCUT2D eigenvalue weighted by Gasteiger charge is 2.17. The van der Waals surface area contributed by atoms with E-state index in [1.807, 2.05) is 31.3 Å². The lowest BCUT2D eigenvalue weighted by Crippen LogP contribution is -2.27. The highest BCUT2D eigenvalue weighted by molar-refractivity contribution is 5.90. The van der Waals surface area contributed by atoms with E-state index in [4.69, 9.17) is 9.15 Å². The molecule has 3 rings (SSSR count). The zero-order valence-corrected chi connectivity index (χ0v) is 14.3. The van der Waals surface area contributed by atoms with Gasteiger partial charge in [-0.15, -0.1) is 0 Å². The van der Waals surface area contributed by atoms with Crippen LogP contribution in [0.2, 0.25) is 0 Å². The average molecular weight is 339 g/mol. The zero-order chi connectivity index (χ0) is 17.8. The second kappa shape index (κ2) is 7.40. The largest absolute Gasteiger partial charge is 0.491 e. The van der Waals surface area contributed by atoms with E-state index in [1.165, 1.54) is 0 Å². The quantitative estimate of drug-likeness (QED) is 0.699. The Balaban J connectivity index is 1.60. The van der Waals surface area contributed by atoms with E-state index in [0.717, 1.165) is 16.7 Å². The van der Waals surface area contributed by atoms with Crippen molar-refractivity contribution in [3.05, 3.63) is 65.9 Å². The molecule has 25 heavy (non-hydrogen) atoms. The summed E-state index contributed by atoms with van der Waals surface area (Å²) in [7, 11) is 1.99. The van der Waals surface area contributed by atoms with Crippen molar-refractivity contribution in [2.45, 2.75) is 13.0 Å². The van der Waals surface area contributed by atoms with Crippen molar-refractivity contribution in [2.24, 2.45) is 0 Å². The topological polar surface area (TPSA) is 62.9 Å². The maximum absolute atomic E-state index is 11.2. The molecule has 1 unspecified atom stereocenters. The summed E-state index contributed by atoms with van der Waals surface area (Å²) >= 11 is 0. The normalized spacial score (nSPS) is 12.4. The smallest absolute Gasteiger partial charge is 0.339 e. The summed E-state index contributed by atoms with van der Waals surface area (Å²) in [5, 5.41) is 10.3. The second-order valence-corrected chi connectivity index (χ2v) is 5.99. The van der Waals surface area contributed by atoms with Crippen LogP contribution in [0.1, 0.15) is 29.1 Å². The van der Waals surface area contributed by atoms with E-state index in [9.17, 15) is 9.90 Å². The molecule has 5 nitrogen and oxygen atoms in total. The van der Waals surface area contributed by atoms with Crippen molar-refractivity contribution in [3.8, 4) is 5.75 Å². The minimum atomic E-state index is -0.986. The minimum Gasteiger partial charge on any atom is -0.491 e. The molecule has 1 N–H and O–H groups in total. The lowest BCUT2D eigenvalue weighted by Gasteiger charge is -2.23. The Hall–Kier alpha value is -2.79. The number of hydrogen-bond donors (Lipinski definition) is 1. The van der Waals surface area contributed by atoms with Crippen molar-refractivity contribution < 1.29 is 19.1 Å². The zero-order valence-electron chi connectivity index (χ0n) is 14.3. The molecular weight excluding hydrogens is 318 g/mol. The third-order valence-electron chi connectivity index (χ3n) is 4.34. The number of likely N-dealkylation sites (N-methyl/N-ethyl adjacent to an activating group) is 1. The Kier molecular flexibility index (Phi) is 5.05. The Labute approximate surface area is 146 Å². The number of aromatic carboxylic acids is 1. The van der Waals surface area contributed by atoms with E-state index in [1.54, 1.807) is 24.3 Å². The average Bonchev–Trinajstić information content (AvgIpc) is 3.05. The first kappa shape index (κ1) is 17.0. The summed E-state index contributed by atoms with van der Waals surface area (Å²) in [6.07, 6.45) is 0. The molecular formula is C20H21NO4. The van der Waals surface area contributed by atoms with Crippen LogP contribution in [0.5, 0.6) is 5.75 Å². The first-order chi connectivity index (χ1) is 12.1. The van der Waals surface area contributed by atoms with Gasteiger partial charge in [-0.3, -0.25) is 4.90 Å². The number of nitrogens with zero attached hydrogens (tertiary/aromatic N) is 1. The van der Waals surface area contributed by atoms with Gasteiger partial charge in [0.15, 0.2) is 0 Å². The second-order valence-electron chi connectivity index (χ2n) is 5.99. The molecule has 0 aliphatic carbocycles. The Morgan fingerprint density at radius 2 is 1.92 bits per heavy atom. The van der Waals surface area contributed by atoms with Crippen molar-refractivity contribution >= 4 is 16.9 Å². The van der Waals surface area contributed by atoms with Crippen LogP contribution >= 0.6 is 0 Å². The molecule has 0 amide bonds. The Bertz CT molecular complexity index is 838. The van der Waals surface area contributed by atoms with Gasteiger partial charge in [-0.25, -0.2) is 4.79 Å². The van der Waals surface area contributed by atoms with Crippen molar-refractivity contribution in [1.29, 1.82) is 0 Å². The number of rotatable bonds is 7.